The third kappa shape index (κ3) is 2.96. The van der Waals surface area contributed by atoms with E-state index < -0.39 is 0 Å². The molecule has 1 heterocycles. The Balaban J connectivity index is 2.13. The number of aromatic nitrogens is 1. The predicted molar refractivity (Wildman–Crippen MR) is 79.0 cm³/mol. The summed E-state index contributed by atoms with van der Waals surface area (Å²) in [7, 11) is 3.97. The van der Waals surface area contributed by atoms with Crippen LogP contribution in [-0.2, 0) is 0 Å². The van der Waals surface area contributed by atoms with Crippen LogP contribution in [0.5, 0.6) is 0 Å². The maximum absolute atomic E-state index is 12.1. The quantitative estimate of drug-likeness (QED) is 0.888. The van der Waals surface area contributed by atoms with Crippen molar-refractivity contribution in [2.75, 3.05) is 24.3 Å². The second kappa shape index (κ2) is 5.18. The molecule has 2 N–H and O–H groups in total. The minimum Gasteiger partial charge on any atom is -0.378 e. The van der Waals surface area contributed by atoms with Crippen molar-refractivity contribution in [3.8, 4) is 0 Å². The summed E-state index contributed by atoms with van der Waals surface area (Å²) < 4.78 is 0. The lowest BCUT2D eigenvalue weighted by Crippen LogP contribution is -2.13. The highest BCUT2D eigenvalue weighted by atomic mass is 16.1. The van der Waals surface area contributed by atoms with Crippen molar-refractivity contribution >= 4 is 17.3 Å². The van der Waals surface area contributed by atoms with Crippen LogP contribution in [0.4, 0.5) is 11.4 Å². The first kappa shape index (κ1) is 13.2. The van der Waals surface area contributed by atoms with E-state index in [0.29, 0.717) is 5.56 Å². The Morgan fingerprint density at radius 2 is 1.79 bits per heavy atom. The molecule has 0 aliphatic rings. The van der Waals surface area contributed by atoms with E-state index in [-0.39, 0.29) is 5.91 Å². The van der Waals surface area contributed by atoms with E-state index in [0.717, 1.165) is 22.8 Å². The zero-order valence-electron chi connectivity index (χ0n) is 11.7. The van der Waals surface area contributed by atoms with E-state index in [1.165, 1.54) is 0 Å². The average molecular weight is 257 g/mol. The minimum atomic E-state index is -0.0838. The summed E-state index contributed by atoms with van der Waals surface area (Å²) in [5.41, 5.74) is 4.47. The molecule has 0 atom stereocenters. The molecule has 0 unspecified atom stereocenters. The van der Waals surface area contributed by atoms with E-state index in [1.54, 1.807) is 0 Å². The fraction of sp³-hybridized carbons (Fsp3) is 0.267. The second-order valence-corrected chi connectivity index (χ2v) is 4.89. The second-order valence-electron chi connectivity index (χ2n) is 4.89. The van der Waals surface area contributed by atoms with Crippen LogP contribution in [0.25, 0.3) is 0 Å². The standard InChI is InChI=1S/C15H19N3O/c1-10-9-14(11(2)16-10)15(19)17-12-5-7-13(8-6-12)18(3)4/h5-9,16H,1-4H3,(H,17,19). The van der Waals surface area contributed by atoms with Crippen LogP contribution in [0.3, 0.4) is 0 Å². The molecule has 0 aliphatic heterocycles. The van der Waals surface area contributed by atoms with Crippen LogP contribution in [-0.4, -0.2) is 25.0 Å². The Bertz CT molecular complexity index is 582. The molecule has 0 aliphatic carbocycles. The zero-order valence-corrected chi connectivity index (χ0v) is 11.7. The van der Waals surface area contributed by atoms with Crippen molar-refractivity contribution in [3.05, 3.63) is 47.3 Å². The van der Waals surface area contributed by atoms with Gasteiger partial charge in [0.2, 0.25) is 0 Å². The number of aromatic amines is 1. The van der Waals surface area contributed by atoms with Gasteiger partial charge in [-0.15, -0.1) is 0 Å². The summed E-state index contributed by atoms with van der Waals surface area (Å²) in [6, 6.07) is 9.62. The normalized spacial score (nSPS) is 10.3. The van der Waals surface area contributed by atoms with Gasteiger partial charge in [-0.1, -0.05) is 0 Å². The average Bonchev–Trinajstić information content (AvgIpc) is 2.69. The molecular weight excluding hydrogens is 238 g/mol. The Morgan fingerprint density at radius 3 is 2.26 bits per heavy atom. The first-order chi connectivity index (χ1) is 8.97. The number of hydrogen-bond acceptors (Lipinski definition) is 2. The first-order valence-electron chi connectivity index (χ1n) is 6.22. The Labute approximate surface area is 113 Å². The van der Waals surface area contributed by atoms with E-state index >= 15 is 0 Å². The Morgan fingerprint density at radius 1 is 1.16 bits per heavy atom. The summed E-state index contributed by atoms with van der Waals surface area (Å²) >= 11 is 0. The maximum atomic E-state index is 12.1. The number of rotatable bonds is 3. The monoisotopic (exact) mass is 257 g/mol. The number of nitrogens with one attached hydrogen (secondary N) is 2. The molecule has 0 radical (unpaired) electrons. The van der Waals surface area contributed by atoms with Gasteiger partial charge in [0.05, 0.1) is 5.56 Å². The van der Waals surface area contributed by atoms with Crippen LogP contribution in [0.15, 0.2) is 30.3 Å². The number of carbonyl (C=O) groups excluding carboxylic acids is 1. The third-order valence-corrected chi connectivity index (χ3v) is 3.04. The fourth-order valence-electron chi connectivity index (χ4n) is 2.00. The number of hydrogen-bond donors (Lipinski definition) is 2. The van der Waals surface area contributed by atoms with Crippen molar-refractivity contribution < 1.29 is 4.79 Å². The maximum Gasteiger partial charge on any atom is 0.257 e. The molecule has 0 fully saturated rings. The lowest BCUT2D eigenvalue weighted by Gasteiger charge is -2.13. The van der Waals surface area contributed by atoms with Gasteiger partial charge in [0, 0.05) is 36.9 Å². The molecule has 0 saturated carbocycles. The largest absolute Gasteiger partial charge is 0.378 e. The van der Waals surface area contributed by atoms with Gasteiger partial charge in [-0.05, 0) is 44.2 Å². The highest BCUT2D eigenvalue weighted by molar-refractivity contribution is 6.05. The molecule has 2 aromatic rings. The molecule has 4 nitrogen and oxygen atoms in total. The molecule has 1 aromatic heterocycles. The van der Waals surface area contributed by atoms with E-state index in [9.17, 15) is 4.79 Å². The highest BCUT2D eigenvalue weighted by Gasteiger charge is 2.11. The van der Waals surface area contributed by atoms with Crippen LogP contribution in [0, 0.1) is 13.8 Å². The van der Waals surface area contributed by atoms with Gasteiger partial charge in [0.1, 0.15) is 0 Å². The summed E-state index contributed by atoms with van der Waals surface area (Å²) in [4.78, 5) is 17.3. The smallest absolute Gasteiger partial charge is 0.257 e. The highest BCUT2D eigenvalue weighted by Crippen LogP contribution is 2.17. The molecule has 2 rings (SSSR count). The number of carbonyl (C=O) groups is 1. The van der Waals surface area contributed by atoms with Crippen LogP contribution < -0.4 is 10.2 Å². The van der Waals surface area contributed by atoms with Crippen molar-refractivity contribution in [2.24, 2.45) is 0 Å². The van der Waals surface area contributed by atoms with Crippen molar-refractivity contribution in [1.82, 2.24) is 4.98 Å². The van der Waals surface area contributed by atoms with E-state index in [1.807, 2.05) is 63.2 Å². The molecule has 19 heavy (non-hydrogen) atoms. The molecule has 1 aromatic carbocycles. The van der Waals surface area contributed by atoms with E-state index in [2.05, 4.69) is 10.3 Å². The van der Waals surface area contributed by atoms with Crippen molar-refractivity contribution in [2.45, 2.75) is 13.8 Å². The van der Waals surface area contributed by atoms with Crippen LogP contribution in [0.2, 0.25) is 0 Å². The molecule has 0 spiro atoms. The number of benzene rings is 1. The van der Waals surface area contributed by atoms with Crippen molar-refractivity contribution in [1.29, 1.82) is 0 Å². The summed E-state index contributed by atoms with van der Waals surface area (Å²) in [6.45, 7) is 3.84. The van der Waals surface area contributed by atoms with Gasteiger partial charge >= 0.3 is 0 Å². The fourth-order valence-corrected chi connectivity index (χ4v) is 2.00. The topological polar surface area (TPSA) is 48.1 Å². The Kier molecular flexibility index (Phi) is 3.60. The van der Waals surface area contributed by atoms with Gasteiger partial charge in [0.15, 0.2) is 0 Å². The van der Waals surface area contributed by atoms with E-state index in [4.69, 9.17) is 0 Å². The molecule has 100 valence electrons. The Hall–Kier alpha value is -2.23. The molecule has 4 heteroatoms. The summed E-state index contributed by atoms with van der Waals surface area (Å²) in [5.74, 6) is -0.0838. The van der Waals surface area contributed by atoms with Crippen molar-refractivity contribution in [3.63, 3.8) is 0 Å². The number of H-pyrrole nitrogens is 1. The molecular formula is C15H19N3O. The first-order valence-corrected chi connectivity index (χ1v) is 6.22. The molecule has 0 saturated heterocycles. The minimum absolute atomic E-state index is 0.0838. The van der Waals surface area contributed by atoms with Crippen LogP contribution in [0.1, 0.15) is 21.7 Å². The zero-order chi connectivity index (χ0) is 14.0. The molecule has 0 bridgehead atoms. The van der Waals surface area contributed by atoms with Gasteiger partial charge in [0.25, 0.3) is 5.91 Å². The number of nitrogens with zero attached hydrogens (tertiary/aromatic N) is 1. The predicted octanol–water partition coefficient (Wildman–Crippen LogP) is 2.95. The molecule has 1 amide bonds. The SMILES string of the molecule is Cc1cc(C(=O)Nc2ccc(N(C)C)cc2)c(C)[nH]1. The summed E-state index contributed by atoms with van der Waals surface area (Å²) in [6.07, 6.45) is 0. The lowest BCUT2D eigenvalue weighted by atomic mass is 10.2. The number of aryl methyl sites for hydroxylation is 2. The van der Waals surface area contributed by atoms with Gasteiger partial charge in [-0.2, -0.15) is 0 Å². The van der Waals surface area contributed by atoms with Gasteiger partial charge in [-0.3, -0.25) is 4.79 Å². The third-order valence-electron chi connectivity index (χ3n) is 3.04. The van der Waals surface area contributed by atoms with Crippen LogP contribution >= 0.6 is 0 Å². The number of amides is 1. The lowest BCUT2D eigenvalue weighted by molar-refractivity contribution is 0.102. The number of anilines is 2. The van der Waals surface area contributed by atoms with Gasteiger partial charge < -0.3 is 15.2 Å². The van der Waals surface area contributed by atoms with Gasteiger partial charge in [-0.25, -0.2) is 0 Å². The summed E-state index contributed by atoms with van der Waals surface area (Å²) in [5, 5.41) is 2.90.